The highest BCUT2D eigenvalue weighted by Crippen LogP contribution is 2.19. The van der Waals surface area contributed by atoms with Crippen molar-refractivity contribution in [3.63, 3.8) is 0 Å². The Labute approximate surface area is 114 Å². The second-order valence-corrected chi connectivity index (χ2v) is 6.03. The van der Waals surface area contributed by atoms with Crippen molar-refractivity contribution in [2.24, 2.45) is 5.73 Å². The number of nitrogens with two attached hydrogens (primary N) is 1. The third-order valence-corrected chi connectivity index (χ3v) is 4.65. The molecule has 2 aromatic rings. The van der Waals surface area contributed by atoms with E-state index >= 15 is 0 Å². The largest absolute Gasteiger partial charge is 0.320 e. The van der Waals surface area contributed by atoms with Crippen LogP contribution in [0.2, 0.25) is 0 Å². The highest BCUT2D eigenvalue weighted by atomic mass is 32.1. The molecule has 18 heavy (non-hydrogen) atoms. The summed E-state index contributed by atoms with van der Waals surface area (Å²) in [5.41, 5.74) is 7.39. The number of hydrogen-bond acceptors (Lipinski definition) is 4. The Morgan fingerprint density at radius 1 is 1.44 bits per heavy atom. The highest BCUT2D eigenvalue weighted by molar-refractivity contribution is 7.10. The molecule has 0 aliphatic heterocycles. The Hall–Kier alpha value is -1.35. The minimum absolute atomic E-state index is 0.0936. The zero-order valence-electron chi connectivity index (χ0n) is 10.3. The summed E-state index contributed by atoms with van der Waals surface area (Å²) in [5.74, 6) is 5.89. The van der Waals surface area contributed by atoms with Crippen LogP contribution in [-0.4, -0.2) is 11.1 Å². The van der Waals surface area contributed by atoms with Crippen LogP contribution in [0.5, 0.6) is 0 Å². The van der Waals surface area contributed by atoms with Crippen LogP contribution >= 0.6 is 22.7 Å². The van der Waals surface area contributed by atoms with Gasteiger partial charge in [0.05, 0.1) is 13.1 Å². The van der Waals surface area contributed by atoms with Gasteiger partial charge in [-0.25, -0.2) is 0 Å². The summed E-state index contributed by atoms with van der Waals surface area (Å²) in [6.45, 7) is 4.90. The fraction of sp³-hybridized carbons (Fsp3) is 0.308. The molecule has 0 saturated carbocycles. The van der Waals surface area contributed by atoms with Crippen molar-refractivity contribution < 1.29 is 0 Å². The Morgan fingerprint density at radius 2 is 2.22 bits per heavy atom. The lowest BCUT2D eigenvalue weighted by Gasteiger charge is -2.03. The number of aromatic nitrogens is 1. The molecule has 0 saturated heterocycles. The predicted octanol–water partition coefficient (Wildman–Crippen LogP) is 1.95. The summed E-state index contributed by atoms with van der Waals surface area (Å²) >= 11 is 2.92. The Bertz CT molecular complexity index is 667. The first kappa shape index (κ1) is 13.1. The first-order chi connectivity index (χ1) is 8.63. The second kappa shape index (κ2) is 5.53. The number of nitrogens with zero attached hydrogens (tertiary/aromatic N) is 1. The molecule has 0 bridgehead atoms. The van der Waals surface area contributed by atoms with E-state index in [1.165, 1.54) is 11.3 Å². The first-order valence-corrected chi connectivity index (χ1v) is 7.25. The van der Waals surface area contributed by atoms with Gasteiger partial charge in [0.2, 0.25) is 0 Å². The highest BCUT2D eigenvalue weighted by Gasteiger charge is 2.10. The molecule has 0 atom stereocenters. The van der Waals surface area contributed by atoms with E-state index in [0.717, 1.165) is 21.0 Å². The summed E-state index contributed by atoms with van der Waals surface area (Å²) in [4.78, 5) is 14.1. The molecule has 2 heterocycles. The summed E-state index contributed by atoms with van der Waals surface area (Å²) in [7, 11) is 0. The van der Waals surface area contributed by atoms with Crippen LogP contribution in [0.15, 0.2) is 16.2 Å². The number of aryl methyl sites for hydroxylation is 1. The zero-order valence-corrected chi connectivity index (χ0v) is 12.0. The van der Waals surface area contributed by atoms with Gasteiger partial charge in [-0.05, 0) is 25.3 Å². The molecule has 2 aromatic heterocycles. The fourth-order valence-corrected chi connectivity index (χ4v) is 3.28. The summed E-state index contributed by atoms with van der Waals surface area (Å²) in [5, 5.41) is 2.00. The van der Waals surface area contributed by atoms with Crippen molar-refractivity contribution >= 4 is 22.7 Å². The average molecular weight is 278 g/mol. The van der Waals surface area contributed by atoms with Crippen LogP contribution in [0.1, 0.15) is 21.0 Å². The van der Waals surface area contributed by atoms with Gasteiger partial charge in [0, 0.05) is 21.0 Å². The number of rotatable bonds is 2. The van der Waals surface area contributed by atoms with Crippen LogP contribution in [0.3, 0.4) is 0 Å². The molecular formula is C13H14N2OS2. The van der Waals surface area contributed by atoms with Crippen molar-refractivity contribution in [1.29, 1.82) is 0 Å². The van der Waals surface area contributed by atoms with Gasteiger partial charge in [0.25, 0.3) is 0 Å². The average Bonchev–Trinajstić information content (AvgIpc) is 2.87. The second-order valence-electron chi connectivity index (χ2n) is 3.86. The van der Waals surface area contributed by atoms with Gasteiger partial charge in [-0.3, -0.25) is 9.36 Å². The lowest BCUT2D eigenvalue weighted by atomic mass is 10.2. The topological polar surface area (TPSA) is 48.0 Å². The SMILES string of the molecule is Cc1sc(=O)n(Cc2sccc2C#CCN)c1C. The van der Waals surface area contributed by atoms with E-state index in [4.69, 9.17) is 5.73 Å². The Balaban J connectivity index is 2.35. The maximum absolute atomic E-state index is 11.8. The van der Waals surface area contributed by atoms with Crippen molar-refractivity contribution in [3.05, 3.63) is 42.1 Å². The third-order valence-electron chi connectivity index (χ3n) is 2.75. The molecule has 5 heteroatoms. The summed E-state index contributed by atoms with van der Waals surface area (Å²) in [6, 6.07) is 1.97. The summed E-state index contributed by atoms with van der Waals surface area (Å²) < 4.78 is 1.81. The number of thiophene rings is 1. The van der Waals surface area contributed by atoms with E-state index in [-0.39, 0.29) is 4.87 Å². The standard InChI is InChI=1S/C13H14N2OS2/c1-9-10(2)18-13(16)15(9)8-12-11(4-3-6-14)5-7-17-12/h5,7H,6,8,14H2,1-2H3. The van der Waals surface area contributed by atoms with Gasteiger partial charge in [0.15, 0.2) is 0 Å². The smallest absolute Gasteiger partial charge is 0.307 e. The van der Waals surface area contributed by atoms with Crippen LogP contribution in [0.25, 0.3) is 0 Å². The van der Waals surface area contributed by atoms with E-state index in [2.05, 4.69) is 11.8 Å². The molecule has 0 spiro atoms. The van der Waals surface area contributed by atoms with Crippen molar-refractivity contribution in [1.82, 2.24) is 4.57 Å². The van der Waals surface area contributed by atoms with Crippen LogP contribution in [-0.2, 0) is 6.54 Å². The predicted molar refractivity (Wildman–Crippen MR) is 77.4 cm³/mol. The number of thiazole rings is 1. The van der Waals surface area contributed by atoms with Crippen molar-refractivity contribution in [2.45, 2.75) is 20.4 Å². The van der Waals surface area contributed by atoms with E-state index < -0.39 is 0 Å². The summed E-state index contributed by atoms with van der Waals surface area (Å²) in [6.07, 6.45) is 0. The lowest BCUT2D eigenvalue weighted by Crippen LogP contribution is -2.15. The van der Waals surface area contributed by atoms with E-state index in [0.29, 0.717) is 13.1 Å². The molecular weight excluding hydrogens is 264 g/mol. The molecule has 3 nitrogen and oxygen atoms in total. The van der Waals surface area contributed by atoms with Crippen molar-refractivity contribution in [3.8, 4) is 11.8 Å². The van der Waals surface area contributed by atoms with Gasteiger partial charge < -0.3 is 5.73 Å². The number of hydrogen-bond donors (Lipinski definition) is 1. The lowest BCUT2D eigenvalue weighted by molar-refractivity contribution is 0.760. The molecule has 0 unspecified atom stereocenters. The minimum atomic E-state index is 0.0936. The molecule has 0 fully saturated rings. The van der Waals surface area contributed by atoms with Gasteiger partial charge in [-0.2, -0.15) is 0 Å². The van der Waals surface area contributed by atoms with Gasteiger partial charge in [0.1, 0.15) is 0 Å². The monoisotopic (exact) mass is 278 g/mol. The van der Waals surface area contributed by atoms with Crippen LogP contribution in [0, 0.1) is 25.7 Å². The maximum Gasteiger partial charge on any atom is 0.307 e. The third kappa shape index (κ3) is 2.56. The normalized spacial score (nSPS) is 10.2. The molecule has 0 radical (unpaired) electrons. The molecule has 94 valence electrons. The van der Waals surface area contributed by atoms with E-state index in [9.17, 15) is 4.79 Å². The Kier molecular flexibility index (Phi) is 4.02. The zero-order chi connectivity index (χ0) is 13.1. The van der Waals surface area contributed by atoms with Crippen LogP contribution < -0.4 is 10.6 Å². The van der Waals surface area contributed by atoms with E-state index in [1.807, 2.05) is 25.3 Å². The molecule has 0 amide bonds. The van der Waals surface area contributed by atoms with E-state index in [1.54, 1.807) is 15.9 Å². The Morgan fingerprint density at radius 3 is 2.83 bits per heavy atom. The first-order valence-electron chi connectivity index (χ1n) is 5.55. The van der Waals surface area contributed by atoms with Gasteiger partial charge in [-0.15, -0.1) is 11.3 Å². The van der Waals surface area contributed by atoms with Crippen LogP contribution in [0.4, 0.5) is 0 Å². The molecule has 2 N–H and O–H groups in total. The molecule has 0 aromatic carbocycles. The molecule has 0 aliphatic rings. The van der Waals surface area contributed by atoms with Crippen molar-refractivity contribution in [2.75, 3.05) is 6.54 Å². The maximum atomic E-state index is 11.8. The minimum Gasteiger partial charge on any atom is -0.320 e. The molecule has 0 aliphatic carbocycles. The molecule has 2 rings (SSSR count). The van der Waals surface area contributed by atoms with Gasteiger partial charge in [-0.1, -0.05) is 23.2 Å². The fourth-order valence-electron chi connectivity index (χ4n) is 1.63. The quantitative estimate of drug-likeness (QED) is 0.854. The van der Waals surface area contributed by atoms with Gasteiger partial charge >= 0.3 is 4.87 Å².